The molecule has 0 N–H and O–H groups in total. The highest BCUT2D eigenvalue weighted by atomic mass is 16.6. The SMILES string of the molecule is COc1ccc(COC(=O)[C@@H](C2CCCCC2)N2C[C@H](CN3CCC(N4CCc5ccccc5OC4=O)CC3)[C@@H](c3ccccc3)C2)cc1. The molecule has 3 fully saturated rings. The van der Waals surface area contributed by atoms with Gasteiger partial charge in [-0.25, -0.2) is 4.79 Å². The summed E-state index contributed by atoms with van der Waals surface area (Å²) < 4.78 is 17.2. The van der Waals surface area contributed by atoms with Gasteiger partial charge in [0.2, 0.25) is 0 Å². The molecule has 1 saturated carbocycles. The number of benzene rings is 3. The van der Waals surface area contributed by atoms with Crippen molar-refractivity contribution >= 4 is 12.1 Å². The average molecular weight is 666 g/mol. The molecule has 260 valence electrons. The zero-order chi connectivity index (χ0) is 33.6. The first-order chi connectivity index (χ1) is 24.1. The summed E-state index contributed by atoms with van der Waals surface area (Å²) in [5.41, 5.74) is 3.43. The quantitative estimate of drug-likeness (QED) is 0.218. The Morgan fingerprint density at radius 1 is 0.857 bits per heavy atom. The number of methoxy groups -OCH3 is 1. The van der Waals surface area contributed by atoms with E-state index in [-0.39, 0.29) is 30.8 Å². The molecule has 7 rings (SSSR count). The third kappa shape index (κ3) is 7.97. The Morgan fingerprint density at radius 3 is 2.35 bits per heavy atom. The van der Waals surface area contributed by atoms with Crippen LogP contribution in [0.5, 0.6) is 11.5 Å². The number of amides is 1. The van der Waals surface area contributed by atoms with E-state index < -0.39 is 0 Å². The molecule has 0 unspecified atom stereocenters. The van der Waals surface area contributed by atoms with Gasteiger partial charge in [0.1, 0.15) is 24.1 Å². The lowest BCUT2D eigenvalue weighted by Gasteiger charge is -2.39. The van der Waals surface area contributed by atoms with E-state index in [4.69, 9.17) is 14.2 Å². The molecule has 8 nitrogen and oxygen atoms in total. The van der Waals surface area contributed by atoms with Crippen molar-refractivity contribution in [3.8, 4) is 11.5 Å². The number of likely N-dealkylation sites (tertiary alicyclic amines) is 2. The number of nitrogens with zero attached hydrogens (tertiary/aromatic N) is 3. The van der Waals surface area contributed by atoms with Gasteiger partial charge in [-0.2, -0.15) is 0 Å². The van der Waals surface area contributed by atoms with Crippen LogP contribution in [-0.4, -0.2) is 85.2 Å². The number of hydrogen-bond acceptors (Lipinski definition) is 7. The molecular weight excluding hydrogens is 614 g/mol. The molecule has 3 aliphatic heterocycles. The van der Waals surface area contributed by atoms with Crippen LogP contribution >= 0.6 is 0 Å². The second-order valence-electron chi connectivity index (χ2n) is 14.5. The fourth-order valence-corrected chi connectivity index (χ4v) is 8.82. The van der Waals surface area contributed by atoms with Crippen molar-refractivity contribution in [2.24, 2.45) is 11.8 Å². The van der Waals surface area contributed by atoms with Gasteiger partial charge < -0.3 is 24.0 Å². The summed E-state index contributed by atoms with van der Waals surface area (Å²) in [6.07, 6.45) is 8.26. The second kappa shape index (κ2) is 15.8. The third-order valence-electron chi connectivity index (χ3n) is 11.5. The molecule has 3 aromatic carbocycles. The number of para-hydroxylation sites is 1. The lowest BCUT2D eigenvalue weighted by atomic mass is 9.83. The third-order valence-corrected chi connectivity index (χ3v) is 11.5. The van der Waals surface area contributed by atoms with Crippen molar-refractivity contribution in [1.29, 1.82) is 0 Å². The van der Waals surface area contributed by atoms with Gasteiger partial charge in [-0.3, -0.25) is 9.69 Å². The molecule has 2 saturated heterocycles. The van der Waals surface area contributed by atoms with Crippen molar-refractivity contribution in [1.82, 2.24) is 14.7 Å². The summed E-state index contributed by atoms with van der Waals surface area (Å²) in [5, 5.41) is 0. The number of rotatable bonds is 10. The summed E-state index contributed by atoms with van der Waals surface area (Å²) >= 11 is 0. The highest BCUT2D eigenvalue weighted by molar-refractivity contribution is 5.76. The molecule has 3 aromatic rings. The molecule has 0 spiro atoms. The number of carbonyl (C=O) groups excluding carboxylic acids is 2. The normalized spacial score (nSPS) is 23.4. The van der Waals surface area contributed by atoms with Gasteiger partial charge in [0, 0.05) is 51.2 Å². The Balaban J connectivity index is 1.02. The van der Waals surface area contributed by atoms with Gasteiger partial charge in [-0.15, -0.1) is 0 Å². The minimum absolute atomic E-state index is 0.0810. The number of carbonyl (C=O) groups is 2. The van der Waals surface area contributed by atoms with Crippen molar-refractivity contribution in [2.75, 3.05) is 46.4 Å². The highest BCUT2D eigenvalue weighted by Crippen LogP contribution is 2.39. The van der Waals surface area contributed by atoms with Gasteiger partial charge in [-0.05, 0) is 78.8 Å². The van der Waals surface area contributed by atoms with Crippen LogP contribution in [-0.2, 0) is 22.6 Å². The van der Waals surface area contributed by atoms with Crippen LogP contribution in [0.3, 0.4) is 0 Å². The van der Waals surface area contributed by atoms with E-state index >= 15 is 0 Å². The van der Waals surface area contributed by atoms with Gasteiger partial charge in [0.05, 0.1) is 7.11 Å². The standard InChI is InChI=1S/C41H51N3O5/c1-47-36-18-16-30(17-19-36)29-48-40(45)39(33-13-6-3-7-14-33)43-27-34(37(28-43)31-10-4-2-5-11-31)26-42-23-21-35(22-24-42)44-25-20-32-12-8-9-15-38(32)49-41(44)46/h2,4-5,8-12,15-19,33-35,37,39H,3,6-7,13-14,20-29H2,1H3/t34-,37+,39+/m0/s1. The van der Waals surface area contributed by atoms with Gasteiger partial charge in [0.25, 0.3) is 0 Å². The Hall–Kier alpha value is -3.88. The van der Waals surface area contributed by atoms with E-state index in [1.807, 2.05) is 47.4 Å². The minimum atomic E-state index is -0.223. The largest absolute Gasteiger partial charge is 0.497 e. The summed E-state index contributed by atoms with van der Waals surface area (Å²) in [5.74, 6) is 2.48. The lowest BCUT2D eigenvalue weighted by Crippen LogP contribution is -2.49. The van der Waals surface area contributed by atoms with Crippen molar-refractivity contribution in [3.05, 3.63) is 95.6 Å². The Kier molecular flexibility index (Phi) is 10.8. The maximum atomic E-state index is 14.0. The summed E-state index contributed by atoms with van der Waals surface area (Å²) in [4.78, 5) is 34.2. The van der Waals surface area contributed by atoms with Crippen LogP contribution in [0.1, 0.15) is 67.6 Å². The van der Waals surface area contributed by atoms with E-state index in [1.54, 1.807) is 7.11 Å². The number of ether oxygens (including phenoxy) is 3. The zero-order valence-corrected chi connectivity index (χ0v) is 28.9. The topological polar surface area (TPSA) is 71.6 Å². The first-order valence-corrected chi connectivity index (χ1v) is 18.4. The van der Waals surface area contributed by atoms with E-state index in [2.05, 4.69) is 46.2 Å². The summed E-state index contributed by atoms with van der Waals surface area (Å²) in [6, 6.07) is 26.5. The lowest BCUT2D eigenvalue weighted by molar-refractivity contribution is -0.154. The summed E-state index contributed by atoms with van der Waals surface area (Å²) in [6.45, 7) is 5.61. The van der Waals surface area contributed by atoms with E-state index in [0.29, 0.717) is 30.0 Å². The van der Waals surface area contributed by atoms with Crippen LogP contribution in [0.2, 0.25) is 0 Å². The molecule has 0 aromatic heterocycles. The molecule has 4 aliphatic rings. The monoisotopic (exact) mass is 665 g/mol. The molecule has 1 aliphatic carbocycles. The van der Waals surface area contributed by atoms with Gasteiger partial charge >= 0.3 is 12.1 Å². The van der Waals surface area contributed by atoms with Gasteiger partial charge in [-0.1, -0.05) is 79.9 Å². The van der Waals surface area contributed by atoms with Crippen LogP contribution in [0.25, 0.3) is 0 Å². The molecule has 49 heavy (non-hydrogen) atoms. The molecule has 0 bridgehead atoms. The van der Waals surface area contributed by atoms with E-state index in [0.717, 1.165) is 81.7 Å². The number of fused-ring (bicyclic) bond motifs is 1. The maximum Gasteiger partial charge on any atom is 0.415 e. The van der Waals surface area contributed by atoms with Crippen molar-refractivity contribution < 1.29 is 23.8 Å². The number of esters is 1. The Bertz CT molecular complexity index is 1530. The van der Waals surface area contributed by atoms with Gasteiger partial charge in [0.15, 0.2) is 0 Å². The molecule has 8 heteroatoms. The number of piperidine rings is 1. The molecule has 1 amide bonds. The molecule has 0 radical (unpaired) electrons. The predicted molar refractivity (Wildman–Crippen MR) is 190 cm³/mol. The fraction of sp³-hybridized carbons (Fsp3) is 0.512. The average Bonchev–Trinajstić information content (AvgIpc) is 3.47. The van der Waals surface area contributed by atoms with Crippen LogP contribution in [0.4, 0.5) is 4.79 Å². The smallest absolute Gasteiger partial charge is 0.415 e. The Morgan fingerprint density at radius 2 is 1.59 bits per heavy atom. The molecular formula is C41H51N3O5. The molecule has 3 atom stereocenters. The highest BCUT2D eigenvalue weighted by Gasteiger charge is 2.44. The van der Waals surface area contributed by atoms with Crippen LogP contribution < -0.4 is 9.47 Å². The molecule has 3 heterocycles. The first kappa shape index (κ1) is 33.6. The fourth-order valence-electron chi connectivity index (χ4n) is 8.82. The number of hydrogen-bond donors (Lipinski definition) is 0. The zero-order valence-electron chi connectivity index (χ0n) is 28.9. The predicted octanol–water partition coefficient (Wildman–Crippen LogP) is 6.92. The van der Waals surface area contributed by atoms with Crippen molar-refractivity contribution in [3.63, 3.8) is 0 Å². The van der Waals surface area contributed by atoms with Crippen molar-refractivity contribution in [2.45, 2.75) is 76.0 Å². The van der Waals surface area contributed by atoms with E-state index in [1.165, 1.54) is 24.8 Å². The van der Waals surface area contributed by atoms with Crippen LogP contribution in [0, 0.1) is 11.8 Å². The Labute approximate surface area is 291 Å². The first-order valence-electron chi connectivity index (χ1n) is 18.4. The second-order valence-corrected chi connectivity index (χ2v) is 14.5. The van der Waals surface area contributed by atoms with Crippen LogP contribution in [0.15, 0.2) is 78.9 Å². The summed E-state index contributed by atoms with van der Waals surface area (Å²) in [7, 11) is 1.66. The van der Waals surface area contributed by atoms with E-state index in [9.17, 15) is 9.59 Å². The minimum Gasteiger partial charge on any atom is -0.497 e. The maximum absolute atomic E-state index is 14.0.